The highest BCUT2D eigenvalue weighted by molar-refractivity contribution is 6.05. The predicted octanol–water partition coefficient (Wildman–Crippen LogP) is 2.58. The number of likely N-dealkylation sites (tertiary alicyclic amines) is 1. The van der Waals surface area contributed by atoms with Gasteiger partial charge in [-0.15, -0.1) is 0 Å². The van der Waals surface area contributed by atoms with Crippen molar-refractivity contribution in [1.82, 2.24) is 14.8 Å². The third-order valence-corrected chi connectivity index (χ3v) is 4.53. The summed E-state index contributed by atoms with van der Waals surface area (Å²) in [6.07, 6.45) is 4.25. The van der Waals surface area contributed by atoms with Gasteiger partial charge in [-0.25, -0.2) is 0 Å². The number of fused-ring (bicyclic) bond motifs is 1. The highest BCUT2D eigenvalue weighted by Crippen LogP contribution is 2.21. The molecule has 1 aliphatic heterocycles. The first-order valence-electron chi connectivity index (χ1n) is 7.65. The van der Waals surface area contributed by atoms with Crippen LogP contribution in [-0.2, 0) is 0 Å². The van der Waals surface area contributed by atoms with E-state index in [2.05, 4.69) is 16.9 Å². The summed E-state index contributed by atoms with van der Waals surface area (Å²) < 4.78 is 0. The van der Waals surface area contributed by atoms with E-state index in [1.54, 1.807) is 0 Å². The van der Waals surface area contributed by atoms with Crippen molar-refractivity contribution >= 4 is 16.8 Å². The first kappa shape index (κ1) is 14.1. The standard InChI is InChI=1S/C17H23N3O/c1-19-10-7-13(8-11-19)12-20(2)17(21)15-5-3-4-14-6-9-18-16(14)15/h3-6,9,13,18H,7-8,10-12H2,1-2H3. The molecule has 112 valence electrons. The summed E-state index contributed by atoms with van der Waals surface area (Å²) in [5.41, 5.74) is 1.71. The van der Waals surface area contributed by atoms with E-state index in [-0.39, 0.29) is 5.91 Å². The maximum atomic E-state index is 12.7. The summed E-state index contributed by atoms with van der Waals surface area (Å²) in [5.74, 6) is 0.736. The number of hydrogen-bond acceptors (Lipinski definition) is 2. The van der Waals surface area contributed by atoms with E-state index in [0.29, 0.717) is 5.92 Å². The number of aromatic nitrogens is 1. The van der Waals surface area contributed by atoms with Gasteiger partial charge < -0.3 is 14.8 Å². The third-order valence-electron chi connectivity index (χ3n) is 4.53. The Kier molecular flexibility index (Phi) is 3.97. The average molecular weight is 285 g/mol. The van der Waals surface area contributed by atoms with Crippen LogP contribution in [0.25, 0.3) is 10.9 Å². The van der Waals surface area contributed by atoms with Crippen LogP contribution in [0.3, 0.4) is 0 Å². The smallest absolute Gasteiger partial charge is 0.255 e. The summed E-state index contributed by atoms with van der Waals surface area (Å²) >= 11 is 0. The lowest BCUT2D eigenvalue weighted by Gasteiger charge is -2.31. The largest absolute Gasteiger partial charge is 0.361 e. The summed E-state index contributed by atoms with van der Waals surface area (Å²) in [6, 6.07) is 7.89. The minimum Gasteiger partial charge on any atom is -0.361 e. The minimum atomic E-state index is 0.113. The first-order valence-corrected chi connectivity index (χ1v) is 7.65. The SMILES string of the molecule is CN1CCC(CN(C)C(=O)c2cccc3cc[nH]c23)CC1. The van der Waals surface area contributed by atoms with Gasteiger partial charge in [0.1, 0.15) is 0 Å². The zero-order valence-corrected chi connectivity index (χ0v) is 12.8. The number of carbonyl (C=O) groups excluding carboxylic acids is 1. The molecule has 0 spiro atoms. The van der Waals surface area contributed by atoms with Gasteiger partial charge in [-0.05, 0) is 51.0 Å². The monoisotopic (exact) mass is 285 g/mol. The Morgan fingerprint density at radius 1 is 1.33 bits per heavy atom. The first-order chi connectivity index (χ1) is 10.1. The van der Waals surface area contributed by atoms with Crippen LogP contribution in [0.2, 0.25) is 0 Å². The molecule has 1 aromatic carbocycles. The van der Waals surface area contributed by atoms with Gasteiger partial charge in [0.05, 0.1) is 11.1 Å². The molecule has 3 rings (SSSR count). The van der Waals surface area contributed by atoms with E-state index in [9.17, 15) is 4.79 Å². The van der Waals surface area contributed by atoms with Crippen LogP contribution >= 0.6 is 0 Å². The Labute approximate surface area is 125 Å². The molecule has 1 aliphatic rings. The van der Waals surface area contributed by atoms with Crippen LogP contribution in [0.1, 0.15) is 23.2 Å². The van der Waals surface area contributed by atoms with Gasteiger partial charge in [0.25, 0.3) is 5.91 Å². The number of carbonyl (C=O) groups is 1. The molecule has 0 saturated carbocycles. The molecule has 21 heavy (non-hydrogen) atoms. The second kappa shape index (κ2) is 5.90. The number of para-hydroxylation sites is 1. The van der Waals surface area contributed by atoms with Crippen molar-refractivity contribution in [3.05, 3.63) is 36.0 Å². The van der Waals surface area contributed by atoms with E-state index < -0.39 is 0 Å². The quantitative estimate of drug-likeness (QED) is 0.941. The fourth-order valence-corrected chi connectivity index (χ4v) is 3.18. The second-order valence-electron chi connectivity index (χ2n) is 6.18. The lowest BCUT2D eigenvalue weighted by atomic mass is 9.96. The Balaban J connectivity index is 1.71. The lowest BCUT2D eigenvalue weighted by molar-refractivity contribution is 0.0749. The highest BCUT2D eigenvalue weighted by atomic mass is 16.2. The van der Waals surface area contributed by atoms with Crippen molar-refractivity contribution in [3.63, 3.8) is 0 Å². The van der Waals surface area contributed by atoms with Crippen LogP contribution in [0.15, 0.2) is 30.5 Å². The van der Waals surface area contributed by atoms with Crippen LogP contribution in [0.4, 0.5) is 0 Å². The maximum Gasteiger partial charge on any atom is 0.255 e. The van der Waals surface area contributed by atoms with Crippen molar-refractivity contribution < 1.29 is 4.79 Å². The summed E-state index contributed by atoms with van der Waals surface area (Å²) in [5, 5.41) is 1.09. The van der Waals surface area contributed by atoms with E-state index in [1.165, 1.54) is 12.8 Å². The van der Waals surface area contributed by atoms with Gasteiger partial charge >= 0.3 is 0 Å². The molecule has 0 unspecified atom stereocenters. The molecule has 0 radical (unpaired) electrons. The van der Waals surface area contributed by atoms with Crippen molar-refractivity contribution in [3.8, 4) is 0 Å². The topological polar surface area (TPSA) is 39.3 Å². The molecule has 1 saturated heterocycles. The lowest BCUT2D eigenvalue weighted by Crippen LogP contribution is -2.38. The zero-order valence-electron chi connectivity index (χ0n) is 12.8. The number of piperidine rings is 1. The van der Waals surface area contributed by atoms with E-state index in [1.807, 2.05) is 42.4 Å². The second-order valence-corrected chi connectivity index (χ2v) is 6.18. The average Bonchev–Trinajstić information content (AvgIpc) is 2.97. The molecule has 2 aromatic rings. The molecule has 0 aliphatic carbocycles. The molecular weight excluding hydrogens is 262 g/mol. The number of aromatic amines is 1. The molecule has 1 aromatic heterocycles. The van der Waals surface area contributed by atoms with Crippen molar-refractivity contribution in [1.29, 1.82) is 0 Å². The number of hydrogen-bond donors (Lipinski definition) is 1. The van der Waals surface area contributed by atoms with E-state index in [4.69, 9.17) is 0 Å². The van der Waals surface area contributed by atoms with Crippen LogP contribution in [0.5, 0.6) is 0 Å². The number of rotatable bonds is 3. The van der Waals surface area contributed by atoms with Crippen molar-refractivity contribution in [2.24, 2.45) is 5.92 Å². The molecule has 1 N–H and O–H groups in total. The molecule has 2 heterocycles. The van der Waals surface area contributed by atoms with Crippen LogP contribution in [-0.4, -0.2) is 54.4 Å². The number of H-pyrrole nitrogens is 1. The van der Waals surface area contributed by atoms with Gasteiger partial charge in [0.15, 0.2) is 0 Å². The Bertz CT molecular complexity index is 626. The zero-order chi connectivity index (χ0) is 14.8. The molecule has 0 atom stereocenters. The summed E-state index contributed by atoms with van der Waals surface area (Å²) in [4.78, 5) is 20.1. The van der Waals surface area contributed by atoms with Gasteiger partial charge in [-0.2, -0.15) is 0 Å². The van der Waals surface area contributed by atoms with Gasteiger partial charge in [-0.3, -0.25) is 4.79 Å². The Morgan fingerprint density at radius 3 is 2.86 bits per heavy atom. The maximum absolute atomic E-state index is 12.7. The number of nitrogens with one attached hydrogen (secondary N) is 1. The predicted molar refractivity (Wildman–Crippen MR) is 85.5 cm³/mol. The number of amides is 1. The normalized spacial score (nSPS) is 17.2. The van der Waals surface area contributed by atoms with E-state index >= 15 is 0 Å². The van der Waals surface area contributed by atoms with Crippen LogP contribution in [0, 0.1) is 5.92 Å². The minimum absolute atomic E-state index is 0.113. The Morgan fingerprint density at radius 2 is 2.10 bits per heavy atom. The third kappa shape index (κ3) is 2.95. The van der Waals surface area contributed by atoms with Gasteiger partial charge in [-0.1, -0.05) is 12.1 Å². The number of benzene rings is 1. The molecular formula is C17H23N3O. The molecule has 1 amide bonds. The Hall–Kier alpha value is -1.81. The van der Waals surface area contributed by atoms with Gasteiger partial charge in [0, 0.05) is 25.2 Å². The van der Waals surface area contributed by atoms with Gasteiger partial charge in [0.2, 0.25) is 0 Å². The molecule has 0 bridgehead atoms. The summed E-state index contributed by atoms with van der Waals surface area (Å²) in [6.45, 7) is 3.13. The fraction of sp³-hybridized carbons (Fsp3) is 0.471. The van der Waals surface area contributed by atoms with Crippen LogP contribution < -0.4 is 0 Å². The molecule has 4 nitrogen and oxygen atoms in total. The van der Waals surface area contributed by atoms with Crippen molar-refractivity contribution in [2.75, 3.05) is 33.7 Å². The molecule has 4 heteroatoms. The van der Waals surface area contributed by atoms with E-state index in [0.717, 1.165) is 36.1 Å². The highest BCUT2D eigenvalue weighted by Gasteiger charge is 2.22. The fourth-order valence-electron chi connectivity index (χ4n) is 3.18. The summed E-state index contributed by atoms with van der Waals surface area (Å²) in [7, 11) is 4.08. The number of nitrogens with zero attached hydrogens (tertiary/aromatic N) is 2. The molecule has 1 fully saturated rings. The van der Waals surface area contributed by atoms with Crippen molar-refractivity contribution in [2.45, 2.75) is 12.8 Å².